The zero-order chi connectivity index (χ0) is 16.6. The average molecular weight is 374 g/mol. The maximum Gasteiger partial charge on any atom is 0.224 e. The Bertz CT molecular complexity index is 717. The maximum atomic E-state index is 12.3. The lowest BCUT2D eigenvalue weighted by molar-refractivity contribution is -0.122. The van der Waals surface area contributed by atoms with Crippen LogP contribution in [0.2, 0.25) is 0 Å². The Morgan fingerprint density at radius 2 is 1.83 bits per heavy atom. The number of carbonyl (C=O) groups excluding carboxylic acids is 1. The number of amides is 1. The first kappa shape index (κ1) is 16.1. The van der Waals surface area contributed by atoms with Gasteiger partial charge in [0.25, 0.3) is 0 Å². The molecule has 4 heteroatoms. The highest BCUT2D eigenvalue weighted by Crippen LogP contribution is 2.47. The van der Waals surface area contributed by atoms with Gasteiger partial charge in [0, 0.05) is 16.9 Å². The zero-order valence-electron chi connectivity index (χ0n) is 13.3. The number of aryl methyl sites for hydroxylation is 2. The molecule has 2 aromatic carbocycles. The lowest BCUT2D eigenvalue weighted by atomic mass is 10.1. The van der Waals surface area contributed by atoms with Gasteiger partial charge in [0.05, 0.1) is 0 Å². The molecular weight excluding hydrogens is 354 g/mol. The molecule has 0 radical (unpaired) electrons. The van der Waals surface area contributed by atoms with E-state index in [2.05, 4.69) is 33.4 Å². The summed E-state index contributed by atoms with van der Waals surface area (Å²) < 4.78 is 1.06. The van der Waals surface area contributed by atoms with Gasteiger partial charge in [-0.1, -0.05) is 40.2 Å². The second-order valence-corrected chi connectivity index (χ2v) is 7.21. The van der Waals surface area contributed by atoms with Crippen molar-refractivity contribution in [1.29, 1.82) is 0 Å². The maximum absolute atomic E-state index is 12.3. The van der Waals surface area contributed by atoms with Gasteiger partial charge < -0.3 is 10.4 Å². The quantitative estimate of drug-likeness (QED) is 0.843. The molecular formula is C19H20BrNO2. The fraction of sp³-hybridized carbons (Fsp3) is 0.316. The van der Waals surface area contributed by atoms with Crippen molar-refractivity contribution in [3.63, 3.8) is 0 Å². The van der Waals surface area contributed by atoms with E-state index >= 15 is 0 Å². The van der Waals surface area contributed by atoms with Crippen LogP contribution in [0.15, 0.2) is 40.9 Å². The third-order valence-electron chi connectivity index (χ3n) is 4.44. The monoisotopic (exact) mass is 373 g/mol. The molecule has 1 saturated carbocycles. The van der Waals surface area contributed by atoms with Crippen molar-refractivity contribution in [3.05, 3.63) is 63.1 Å². The van der Waals surface area contributed by atoms with Crippen LogP contribution < -0.4 is 5.32 Å². The van der Waals surface area contributed by atoms with Crippen molar-refractivity contribution in [1.82, 2.24) is 5.32 Å². The number of halogens is 1. The predicted molar refractivity (Wildman–Crippen MR) is 94.4 cm³/mol. The van der Waals surface area contributed by atoms with Gasteiger partial charge >= 0.3 is 0 Å². The first-order valence-corrected chi connectivity index (χ1v) is 8.57. The van der Waals surface area contributed by atoms with Crippen LogP contribution in [0.1, 0.15) is 34.6 Å². The summed E-state index contributed by atoms with van der Waals surface area (Å²) in [5.41, 5.74) is 3.93. The van der Waals surface area contributed by atoms with E-state index in [1.807, 2.05) is 38.1 Å². The summed E-state index contributed by atoms with van der Waals surface area (Å²) in [7, 11) is 0. The summed E-state index contributed by atoms with van der Waals surface area (Å²) in [6.07, 6.45) is 0.918. The van der Waals surface area contributed by atoms with E-state index in [4.69, 9.17) is 0 Å². The van der Waals surface area contributed by atoms with E-state index in [-0.39, 0.29) is 11.8 Å². The first-order valence-electron chi connectivity index (χ1n) is 7.78. The minimum Gasteiger partial charge on any atom is -0.507 e. The van der Waals surface area contributed by atoms with E-state index in [1.54, 1.807) is 0 Å². The van der Waals surface area contributed by atoms with Crippen LogP contribution in [-0.4, -0.2) is 11.0 Å². The van der Waals surface area contributed by atoms with Crippen molar-refractivity contribution in [2.24, 2.45) is 5.92 Å². The normalized spacial score (nSPS) is 19.4. The fourth-order valence-corrected chi connectivity index (χ4v) is 3.30. The molecule has 2 atom stereocenters. The van der Waals surface area contributed by atoms with E-state index in [1.165, 1.54) is 5.56 Å². The van der Waals surface area contributed by atoms with E-state index in [0.29, 0.717) is 18.2 Å². The number of hydrogen-bond donors (Lipinski definition) is 2. The molecule has 2 aromatic rings. The molecule has 3 rings (SSSR count). The van der Waals surface area contributed by atoms with Crippen LogP contribution in [0.25, 0.3) is 0 Å². The Morgan fingerprint density at radius 3 is 2.43 bits per heavy atom. The van der Waals surface area contributed by atoms with Crippen LogP contribution in [0.3, 0.4) is 0 Å². The summed E-state index contributed by atoms with van der Waals surface area (Å²) in [6, 6.07) is 12.0. The molecule has 1 fully saturated rings. The van der Waals surface area contributed by atoms with Gasteiger partial charge in [0.2, 0.25) is 5.91 Å². The molecule has 1 aliphatic rings. The van der Waals surface area contributed by atoms with Crippen molar-refractivity contribution < 1.29 is 9.90 Å². The van der Waals surface area contributed by atoms with Crippen molar-refractivity contribution in [3.8, 4) is 5.75 Å². The number of rotatable bonds is 4. The van der Waals surface area contributed by atoms with Crippen molar-refractivity contribution in [2.75, 3.05) is 0 Å². The smallest absolute Gasteiger partial charge is 0.224 e. The molecule has 0 bridgehead atoms. The Hall–Kier alpha value is -1.81. The van der Waals surface area contributed by atoms with Crippen LogP contribution in [-0.2, 0) is 11.3 Å². The van der Waals surface area contributed by atoms with Crippen LogP contribution in [0.5, 0.6) is 5.75 Å². The van der Waals surface area contributed by atoms with Gasteiger partial charge in [-0.15, -0.1) is 0 Å². The molecule has 1 aliphatic carbocycles. The average Bonchev–Trinajstić information content (AvgIpc) is 3.31. The van der Waals surface area contributed by atoms with Gasteiger partial charge in [-0.25, -0.2) is 0 Å². The fourth-order valence-electron chi connectivity index (χ4n) is 3.03. The number of carbonyl (C=O) groups is 1. The molecule has 0 heterocycles. The van der Waals surface area contributed by atoms with Gasteiger partial charge in [-0.3, -0.25) is 4.79 Å². The predicted octanol–water partition coefficient (Wildman–Crippen LogP) is 4.19. The topological polar surface area (TPSA) is 49.3 Å². The summed E-state index contributed by atoms with van der Waals surface area (Å²) in [5.74, 6) is 0.862. The van der Waals surface area contributed by atoms with Crippen LogP contribution >= 0.6 is 15.9 Å². The number of phenols is 1. The van der Waals surface area contributed by atoms with E-state index in [9.17, 15) is 9.90 Å². The zero-order valence-corrected chi connectivity index (χ0v) is 14.9. The number of nitrogens with one attached hydrogen (secondary N) is 1. The summed E-state index contributed by atoms with van der Waals surface area (Å²) in [5, 5.41) is 12.8. The molecule has 0 spiro atoms. The molecule has 1 amide bonds. The second kappa shape index (κ2) is 6.36. The first-order chi connectivity index (χ1) is 11.0. The van der Waals surface area contributed by atoms with Crippen LogP contribution in [0, 0.1) is 19.8 Å². The lowest BCUT2D eigenvalue weighted by Gasteiger charge is -2.09. The summed E-state index contributed by atoms with van der Waals surface area (Å²) in [6.45, 7) is 4.25. The Morgan fingerprint density at radius 1 is 1.22 bits per heavy atom. The Labute approximate surface area is 144 Å². The van der Waals surface area contributed by atoms with Gasteiger partial charge in [-0.2, -0.15) is 0 Å². The summed E-state index contributed by atoms with van der Waals surface area (Å²) >= 11 is 3.43. The van der Waals surface area contributed by atoms with E-state index < -0.39 is 0 Å². The van der Waals surface area contributed by atoms with Crippen molar-refractivity contribution in [2.45, 2.75) is 32.7 Å². The molecule has 2 unspecified atom stereocenters. The molecule has 0 aromatic heterocycles. The highest BCUT2D eigenvalue weighted by molar-refractivity contribution is 9.10. The summed E-state index contributed by atoms with van der Waals surface area (Å²) in [4.78, 5) is 12.3. The third kappa shape index (κ3) is 3.58. The number of phenolic OH excluding ortho intramolecular Hbond substituents is 1. The van der Waals surface area contributed by atoms with Crippen LogP contribution in [0.4, 0.5) is 0 Å². The molecule has 23 heavy (non-hydrogen) atoms. The van der Waals surface area contributed by atoms with Gasteiger partial charge in [0.1, 0.15) is 5.75 Å². The highest BCUT2D eigenvalue weighted by atomic mass is 79.9. The minimum atomic E-state index is 0.0792. The Balaban J connectivity index is 1.58. The SMILES string of the molecule is Cc1cc(CNC(=O)C2CC2c2ccc(Br)cc2)cc(C)c1O. The molecule has 2 N–H and O–H groups in total. The van der Waals surface area contributed by atoms with Crippen molar-refractivity contribution >= 4 is 21.8 Å². The number of hydrogen-bond acceptors (Lipinski definition) is 2. The molecule has 120 valence electrons. The minimum absolute atomic E-state index is 0.0792. The molecule has 0 aliphatic heterocycles. The highest BCUT2D eigenvalue weighted by Gasteiger charge is 2.43. The van der Waals surface area contributed by atoms with Gasteiger partial charge in [0.15, 0.2) is 0 Å². The lowest BCUT2D eigenvalue weighted by Crippen LogP contribution is -2.25. The Kier molecular flexibility index (Phi) is 4.44. The van der Waals surface area contributed by atoms with Gasteiger partial charge in [-0.05, 0) is 60.6 Å². The van der Waals surface area contributed by atoms with E-state index in [0.717, 1.165) is 27.6 Å². The molecule has 0 saturated heterocycles. The third-order valence-corrected chi connectivity index (χ3v) is 4.97. The largest absolute Gasteiger partial charge is 0.507 e. The second-order valence-electron chi connectivity index (χ2n) is 6.30. The molecule has 3 nitrogen and oxygen atoms in total. The number of aromatic hydroxyl groups is 1. The number of benzene rings is 2. The standard InChI is InChI=1S/C19H20BrNO2/c1-11-7-13(8-12(2)18(11)22)10-21-19(23)17-9-16(17)14-3-5-15(20)6-4-14/h3-8,16-17,22H,9-10H2,1-2H3,(H,21,23).